The van der Waals surface area contributed by atoms with Crippen molar-refractivity contribution < 1.29 is 9.00 Å². The summed E-state index contributed by atoms with van der Waals surface area (Å²) in [7, 11) is -0.932. The number of aromatic nitrogens is 2. The van der Waals surface area contributed by atoms with Crippen molar-refractivity contribution in [3.63, 3.8) is 0 Å². The molecule has 0 bridgehead atoms. The average Bonchev–Trinajstić information content (AvgIpc) is 2.96. The third-order valence-corrected chi connectivity index (χ3v) is 5.30. The maximum Gasteiger partial charge on any atom is 0.257 e. The van der Waals surface area contributed by atoms with Crippen LogP contribution in [-0.4, -0.2) is 26.6 Å². The number of carbonyl (C=O) groups is 1. The van der Waals surface area contributed by atoms with Crippen molar-refractivity contribution in [3.8, 4) is 0 Å². The van der Waals surface area contributed by atoms with Gasteiger partial charge in [0, 0.05) is 34.3 Å². The van der Waals surface area contributed by atoms with Gasteiger partial charge in [-0.3, -0.25) is 14.3 Å². The van der Waals surface area contributed by atoms with Crippen molar-refractivity contribution in [2.45, 2.75) is 38.4 Å². The lowest BCUT2D eigenvalue weighted by Crippen LogP contribution is -2.12. The van der Waals surface area contributed by atoms with E-state index in [4.69, 9.17) is 0 Å². The summed E-state index contributed by atoms with van der Waals surface area (Å²) in [5.74, 6) is 0.612. The minimum absolute atomic E-state index is 0.221. The molecule has 1 unspecified atom stereocenters. The summed E-state index contributed by atoms with van der Waals surface area (Å²) in [6.45, 7) is 4.24. The van der Waals surface area contributed by atoms with Crippen LogP contribution in [0.3, 0.4) is 0 Å². The predicted octanol–water partition coefficient (Wildman–Crippen LogP) is 3.57. The van der Waals surface area contributed by atoms with E-state index in [0.717, 1.165) is 23.4 Å². The molecule has 1 heterocycles. The van der Waals surface area contributed by atoms with Crippen molar-refractivity contribution >= 4 is 33.2 Å². The first-order valence-corrected chi connectivity index (χ1v) is 10.1. The zero-order valence-corrected chi connectivity index (χ0v) is 15.2. The number of anilines is 1. The summed E-state index contributed by atoms with van der Waals surface area (Å²) in [5.41, 5.74) is 1.42. The van der Waals surface area contributed by atoms with Gasteiger partial charge in [0.05, 0.1) is 0 Å². The standard InChI is InChI=1S/C16H21N3O2S2/c1-4-12(5-2)15-18-19-16(22-15)17-14(20)13-8-6-7-11(9-13)10-23(3)21/h6-9,12H,4-5,10H2,1-3H3,(H,17,19,20). The highest BCUT2D eigenvalue weighted by Crippen LogP contribution is 2.28. The molecule has 1 amide bonds. The lowest BCUT2D eigenvalue weighted by Gasteiger charge is -2.06. The molecule has 1 aromatic carbocycles. The monoisotopic (exact) mass is 351 g/mol. The molecule has 7 heteroatoms. The molecule has 23 heavy (non-hydrogen) atoms. The van der Waals surface area contributed by atoms with E-state index in [1.54, 1.807) is 24.5 Å². The van der Waals surface area contributed by atoms with Crippen molar-refractivity contribution in [1.82, 2.24) is 10.2 Å². The molecule has 0 aliphatic carbocycles. The summed E-state index contributed by atoms with van der Waals surface area (Å²) in [6.07, 6.45) is 3.66. The van der Waals surface area contributed by atoms with Gasteiger partial charge in [-0.05, 0) is 30.5 Å². The first-order chi connectivity index (χ1) is 11.0. The molecule has 2 aromatic rings. The quantitative estimate of drug-likeness (QED) is 0.828. The van der Waals surface area contributed by atoms with Gasteiger partial charge in [0.1, 0.15) is 5.01 Å². The largest absolute Gasteiger partial charge is 0.296 e. The van der Waals surface area contributed by atoms with Gasteiger partial charge in [0.2, 0.25) is 5.13 Å². The third-order valence-electron chi connectivity index (χ3n) is 3.56. The molecule has 0 radical (unpaired) electrons. The SMILES string of the molecule is CCC(CC)c1nnc(NC(=O)c2cccc(CS(C)=O)c2)s1. The van der Waals surface area contributed by atoms with Crippen LogP contribution >= 0.6 is 11.3 Å². The fourth-order valence-corrected chi connectivity index (χ4v) is 3.95. The fourth-order valence-electron chi connectivity index (χ4n) is 2.29. The van der Waals surface area contributed by atoms with Gasteiger partial charge in [-0.25, -0.2) is 0 Å². The Balaban J connectivity index is 2.08. The Morgan fingerprint density at radius 3 is 2.70 bits per heavy atom. The van der Waals surface area contributed by atoms with E-state index in [9.17, 15) is 9.00 Å². The number of hydrogen-bond acceptors (Lipinski definition) is 5. The van der Waals surface area contributed by atoms with E-state index >= 15 is 0 Å². The van der Waals surface area contributed by atoms with E-state index < -0.39 is 10.8 Å². The molecule has 1 atom stereocenters. The van der Waals surface area contributed by atoms with E-state index in [1.165, 1.54) is 11.3 Å². The molecule has 1 N–H and O–H groups in total. The Hall–Kier alpha value is -1.60. The molecule has 0 spiro atoms. The number of amides is 1. The van der Waals surface area contributed by atoms with Crippen LogP contribution in [0.15, 0.2) is 24.3 Å². The minimum atomic E-state index is -0.932. The summed E-state index contributed by atoms with van der Waals surface area (Å²) in [4.78, 5) is 12.3. The van der Waals surface area contributed by atoms with Crippen LogP contribution in [0.4, 0.5) is 5.13 Å². The Morgan fingerprint density at radius 2 is 2.04 bits per heavy atom. The molecule has 0 aliphatic heterocycles. The van der Waals surface area contributed by atoms with Gasteiger partial charge in [0.15, 0.2) is 0 Å². The maximum absolute atomic E-state index is 12.3. The van der Waals surface area contributed by atoms with Crippen molar-refractivity contribution in [1.29, 1.82) is 0 Å². The van der Waals surface area contributed by atoms with Gasteiger partial charge < -0.3 is 0 Å². The summed E-state index contributed by atoms with van der Waals surface area (Å²) in [6, 6.07) is 7.17. The molecule has 5 nitrogen and oxygen atoms in total. The van der Waals surface area contributed by atoms with Crippen molar-refractivity contribution in [3.05, 3.63) is 40.4 Å². The Kier molecular flexibility index (Phi) is 6.41. The van der Waals surface area contributed by atoms with E-state index in [1.807, 2.05) is 6.07 Å². The van der Waals surface area contributed by atoms with Crippen LogP contribution < -0.4 is 5.32 Å². The van der Waals surface area contributed by atoms with Gasteiger partial charge >= 0.3 is 0 Å². The van der Waals surface area contributed by atoms with Crippen LogP contribution in [0.1, 0.15) is 53.5 Å². The number of hydrogen-bond donors (Lipinski definition) is 1. The zero-order chi connectivity index (χ0) is 16.8. The van der Waals surface area contributed by atoms with Crippen LogP contribution in [0, 0.1) is 0 Å². The highest BCUT2D eigenvalue weighted by molar-refractivity contribution is 7.83. The first-order valence-electron chi connectivity index (χ1n) is 7.57. The second-order valence-corrected chi connectivity index (χ2v) is 7.78. The van der Waals surface area contributed by atoms with Gasteiger partial charge in [0.25, 0.3) is 5.91 Å². The number of carbonyl (C=O) groups excluding carboxylic acids is 1. The molecule has 1 aromatic heterocycles. The lowest BCUT2D eigenvalue weighted by atomic mass is 10.1. The first kappa shape index (κ1) is 17.7. The van der Waals surface area contributed by atoms with Crippen LogP contribution in [0.2, 0.25) is 0 Å². The Labute approximate surface area is 143 Å². The number of nitrogens with one attached hydrogen (secondary N) is 1. The summed E-state index contributed by atoms with van der Waals surface area (Å²) >= 11 is 1.43. The topological polar surface area (TPSA) is 72.0 Å². The predicted molar refractivity (Wildman–Crippen MR) is 95.4 cm³/mol. The molecule has 0 aliphatic rings. The maximum atomic E-state index is 12.3. The third kappa shape index (κ3) is 4.94. The molecule has 0 saturated carbocycles. The van der Waals surface area contributed by atoms with Gasteiger partial charge in [-0.15, -0.1) is 10.2 Å². The number of rotatable bonds is 7. The van der Waals surface area contributed by atoms with E-state index in [0.29, 0.717) is 22.4 Å². The Morgan fingerprint density at radius 1 is 1.30 bits per heavy atom. The zero-order valence-electron chi connectivity index (χ0n) is 13.5. The lowest BCUT2D eigenvalue weighted by molar-refractivity contribution is 0.102. The molecular weight excluding hydrogens is 330 g/mol. The number of nitrogens with zero attached hydrogens (tertiary/aromatic N) is 2. The van der Waals surface area contributed by atoms with Gasteiger partial charge in [-0.2, -0.15) is 0 Å². The second-order valence-electron chi connectivity index (χ2n) is 5.33. The van der Waals surface area contributed by atoms with Gasteiger partial charge in [-0.1, -0.05) is 37.3 Å². The van der Waals surface area contributed by atoms with Crippen LogP contribution in [0.25, 0.3) is 0 Å². The highest BCUT2D eigenvalue weighted by atomic mass is 32.2. The van der Waals surface area contributed by atoms with Crippen molar-refractivity contribution in [2.24, 2.45) is 0 Å². The van der Waals surface area contributed by atoms with E-state index in [-0.39, 0.29) is 5.91 Å². The fraction of sp³-hybridized carbons (Fsp3) is 0.438. The molecule has 124 valence electrons. The average molecular weight is 351 g/mol. The highest BCUT2D eigenvalue weighted by Gasteiger charge is 2.15. The summed E-state index contributed by atoms with van der Waals surface area (Å²) in [5, 5.41) is 12.5. The van der Waals surface area contributed by atoms with Crippen LogP contribution in [-0.2, 0) is 16.6 Å². The molecular formula is C16H21N3O2S2. The van der Waals surface area contributed by atoms with Crippen LogP contribution in [0.5, 0.6) is 0 Å². The van der Waals surface area contributed by atoms with Crippen molar-refractivity contribution in [2.75, 3.05) is 11.6 Å². The Bertz CT molecular complexity index is 696. The second kappa shape index (κ2) is 8.31. The molecule has 2 rings (SSSR count). The summed E-state index contributed by atoms with van der Waals surface area (Å²) < 4.78 is 11.3. The normalized spacial score (nSPS) is 12.3. The van der Waals surface area contributed by atoms with E-state index in [2.05, 4.69) is 29.4 Å². The number of benzene rings is 1. The minimum Gasteiger partial charge on any atom is -0.296 e. The smallest absolute Gasteiger partial charge is 0.257 e. The molecule has 0 saturated heterocycles. The molecule has 0 fully saturated rings.